The van der Waals surface area contributed by atoms with Crippen LogP contribution in [0.25, 0.3) is 15.3 Å². The molecule has 0 spiro atoms. The lowest BCUT2D eigenvalue weighted by Gasteiger charge is -2.14. The number of amides is 1. The molecule has 0 aliphatic carbocycles. The highest BCUT2D eigenvalue weighted by molar-refractivity contribution is 7.21. The Kier molecular flexibility index (Phi) is 3.73. The third kappa shape index (κ3) is 2.32. The molecular weight excluding hydrogens is 294 g/mol. The van der Waals surface area contributed by atoms with Crippen molar-refractivity contribution in [1.29, 1.82) is 0 Å². The summed E-state index contributed by atoms with van der Waals surface area (Å²) in [4.78, 5) is 19.2. The second-order valence-electron chi connectivity index (χ2n) is 4.56. The van der Waals surface area contributed by atoms with Crippen molar-refractivity contribution in [2.45, 2.75) is 25.8 Å². The smallest absolute Gasteiger partial charge is 0.261 e. The van der Waals surface area contributed by atoms with Crippen LogP contribution in [0.1, 0.15) is 29.4 Å². The number of hydrogen-bond donors (Lipinski definition) is 2. The summed E-state index contributed by atoms with van der Waals surface area (Å²) < 4.78 is 2.00. The predicted octanol–water partition coefficient (Wildman–Crippen LogP) is 2.50. The topological polar surface area (TPSA) is 66.6 Å². The number of aliphatic hydroxyl groups is 1. The van der Waals surface area contributed by atoms with Gasteiger partial charge in [-0.2, -0.15) is 0 Å². The van der Waals surface area contributed by atoms with Crippen molar-refractivity contribution in [3.63, 3.8) is 0 Å². The number of thiophene rings is 1. The van der Waals surface area contributed by atoms with E-state index in [0.717, 1.165) is 21.7 Å². The molecule has 1 unspecified atom stereocenters. The van der Waals surface area contributed by atoms with E-state index in [1.54, 1.807) is 11.3 Å². The highest BCUT2D eigenvalue weighted by Crippen LogP contribution is 2.28. The predicted molar refractivity (Wildman–Crippen MR) is 81.7 cm³/mol. The molecule has 0 radical (unpaired) electrons. The SMILES string of the molecule is CCC(CCO)NC(=O)c1cc2c(nc3sccn32)s1. The van der Waals surface area contributed by atoms with Crippen LogP contribution in [0.5, 0.6) is 0 Å². The fourth-order valence-electron chi connectivity index (χ4n) is 2.15. The van der Waals surface area contributed by atoms with Gasteiger partial charge in [0.05, 0.1) is 10.4 Å². The summed E-state index contributed by atoms with van der Waals surface area (Å²) in [6.07, 6.45) is 3.36. The maximum atomic E-state index is 12.2. The zero-order valence-electron chi connectivity index (χ0n) is 11.0. The Morgan fingerprint density at radius 2 is 2.45 bits per heavy atom. The Balaban J connectivity index is 1.85. The van der Waals surface area contributed by atoms with Gasteiger partial charge in [-0.25, -0.2) is 4.98 Å². The molecule has 0 aromatic carbocycles. The molecule has 20 heavy (non-hydrogen) atoms. The summed E-state index contributed by atoms with van der Waals surface area (Å²) in [5, 5.41) is 13.9. The Labute approximate surface area is 123 Å². The van der Waals surface area contributed by atoms with E-state index in [1.807, 2.05) is 29.0 Å². The number of carbonyl (C=O) groups is 1. The van der Waals surface area contributed by atoms with E-state index in [9.17, 15) is 4.79 Å². The Hall–Kier alpha value is -1.44. The first-order chi connectivity index (χ1) is 9.72. The quantitative estimate of drug-likeness (QED) is 0.761. The number of nitrogens with one attached hydrogen (secondary N) is 1. The van der Waals surface area contributed by atoms with Crippen LogP contribution in [0.4, 0.5) is 0 Å². The molecule has 3 aromatic heterocycles. The zero-order chi connectivity index (χ0) is 14.1. The van der Waals surface area contributed by atoms with Gasteiger partial charge in [-0.3, -0.25) is 9.20 Å². The molecule has 1 amide bonds. The maximum Gasteiger partial charge on any atom is 0.261 e. The molecule has 0 bridgehead atoms. The second kappa shape index (κ2) is 5.51. The molecule has 1 atom stereocenters. The molecule has 0 saturated carbocycles. The molecule has 0 aliphatic rings. The highest BCUT2D eigenvalue weighted by atomic mass is 32.1. The third-order valence-corrected chi connectivity index (χ3v) is 5.04. The minimum absolute atomic E-state index is 0.0192. The van der Waals surface area contributed by atoms with Crippen molar-refractivity contribution in [2.75, 3.05) is 6.61 Å². The number of aliphatic hydroxyl groups excluding tert-OH is 1. The van der Waals surface area contributed by atoms with E-state index in [-0.39, 0.29) is 18.6 Å². The number of carbonyl (C=O) groups excluding carboxylic acids is 1. The number of hydrogen-bond acceptors (Lipinski definition) is 5. The van der Waals surface area contributed by atoms with Crippen LogP contribution in [0.15, 0.2) is 17.6 Å². The monoisotopic (exact) mass is 309 g/mol. The fourth-order valence-corrected chi connectivity index (χ4v) is 3.85. The largest absolute Gasteiger partial charge is 0.396 e. The number of fused-ring (bicyclic) bond motifs is 3. The van der Waals surface area contributed by atoms with Gasteiger partial charge < -0.3 is 10.4 Å². The van der Waals surface area contributed by atoms with E-state index in [1.165, 1.54) is 11.3 Å². The lowest BCUT2D eigenvalue weighted by atomic mass is 10.1. The highest BCUT2D eigenvalue weighted by Gasteiger charge is 2.17. The van der Waals surface area contributed by atoms with Gasteiger partial charge in [-0.1, -0.05) is 6.92 Å². The number of nitrogens with zero attached hydrogens (tertiary/aromatic N) is 2. The lowest BCUT2D eigenvalue weighted by Crippen LogP contribution is -2.34. The molecule has 7 heteroatoms. The van der Waals surface area contributed by atoms with Crippen LogP contribution < -0.4 is 5.32 Å². The van der Waals surface area contributed by atoms with E-state index >= 15 is 0 Å². The average Bonchev–Trinajstić information content (AvgIpc) is 3.08. The third-order valence-electron chi connectivity index (χ3n) is 3.27. The van der Waals surface area contributed by atoms with Crippen molar-refractivity contribution in [3.8, 4) is 0 Å². The second-order valence-corrected chi connectivity index (χ2v) is 6.46. The molecular formula is C13H15N3O2S2. The van der Waals surface area contributed by atoms with E-state index in [2.05, 4.69) is 10.3 Å². The van der Waals surface area contributed by atoms with E-state index < -0.39 is 0 Å². The molecule has 0 aliphatic heterocycles. The van der Waals surface area contributed by atoms with Crippen LogP contribution in [-0.2, 0) is 0 Å². The lowest BCUT2D eigenvalue weighted by molar-refractivity contribution is 0.0933. The van der Waals surface area contributed by atoms with E-state index in [4.69, 9.17) is 5.11 Å². The molecule has 2 N–H and O–H groups in total. The standard InChI is InChI=1S/C13H15N3O2S2/c1-2-8(3-5-17)14-11(18)10-7-9-12(20-10)15-13-16(9)4-6-19-13/h4,6-8,17H,2-3,5H2,1H3,(H,14,18). The number of imidazole rings is 1. The van der Waals surface area contributed by atoms with Crippen molar-refractivity contribution in [2.24, 2.45) is 0 Å². The number of aromatic nitrogens is 2. The van der Waals surface area contributed by atoms with Crippen LogP contribution in [0.3, 0.4) is 0 Å². The van der Waals surface area contributed by atoms with Crippen LogP contribution in [0, 0.1) is 0 Å². The van der Waals surface area contributed by atoms with Crippen molar-refractivity contribution < 1.29 is 9.90 Å². The molecule has 5 nitrogen and oxygen atoms in total. The summed E-state index contributed by atoms with van der Waals surface area (Å²) in [5.74, 6) is -0.0859. The minimum Gasteiger partial charge on any atom is -0.396 e. The average molecular weight is 309 g/mol. The normalized spacial score (nSPS) is 13.1. The molecule has 3 heterocycles. The summed E-state index contributed by atoms with van der Waals surface area (Å²) in [6.45, 7) is 2.08. The van der Waals surface area contributed by atoms with Crippen LogP contribution in [0.2, 0.25) is 0 Å². The summed E-state index contributed by atoms with van der Waals surface area (Å²) in [7, 11) is 0. The number of rotatable bonds is 5. The fraction of sp³-hybridized carbons (Fsp3) is 0.385. The van der Waals surface area contributed by atoms with Gasteiger partial charge in [-0.05, 0) is 18.9 Å². The van der Waals surface area contributed by atoms with Gasteiger partial charge in [0.2, 0.25) is 0 Å². The summed E-state index contributed by atoms with van der Waals surface area (Å²) >= 11 is 2.99. The van der Waals surface area contributed by atoms with Gasteiger partial charge in [0.15, 0.2) is 4.96 Å². The maximum absolute atomic E-state index is 12.2. The Morgan fingerprint density at radius 1 is 1.60 bits per heavy atom. The molecule has 0 saturated heterocycles. The van der Waals surface area contributed by atoms with Crippen LogP contribution >= 0.6 is 22.7 Å². The Morgan fingerprint density at radius 3 is 3.20 bits per heavy atom. The molecule has 3 aromatic rings. The van der Waals surface area contributed by atoms with Gasteiger partial charge in [-0.15, -0.1) is 22.7 Å². The Bertz CT molecular complexity index is 743. The van der Waals surface area contributed by atoms with Crippen LogP contribution in [-0.4, -0.2) is 33.0 Å². The first-order valence-corrected chi connectivity index (χ1v) is 8.19. The molecule has 106 valence electrons. The first-order valence-electron chi connectivity index (χ1n) is 6.49. The van der Waals surface area contributed by atoms with Crippen molar-refractivity contribution in [1.82, 2.24) is 14.7 Å². The number of thiazole rings is 1. The van der Waals surface area contributed by atoms with Gasteiger partial charge in [0.25, 0.3) is 5.91 Å². The van der Waals surface area contributed by atoms with Gasteiger partial charge in [0, 0.05) is 24.2 Å². The van der Waals surface area contributed by atoms with Crippen molar-refractivity contribution in [3.05, 3.63) is 22.5 Å². The van der Waals surface area contributed by atoms with E-state index in [0.29, 0.717) is 11.3 Å². The minimum atomic E-state index is -0.0859. The van der Waals surface area contributed by atoms with Gasteiger partial charge >= 0.3 is 0 Å². The summed E-state index contributed by atoms with van der Waals surface area (Å²) in [5.41, 5.74) is 0.978. The van der Waals surface area contributed by atoms with Crippen molar-refractivity contribution >= 4 is 43.9 Å². The summed E-state index contributed by atoms with van der Waals surface area (Å²) in [6, 6.07) is 1.90. The van der Waals surface area contributed by atoms with Gasteiger partial charge in [0.1, 0.15) is 4.83 Å². The molecule has 3 rings (SSSR count). The zero-order valence-corrected chi connectivity index (χ0v) is 12.6. The first kappa shape index (κ1) is 13.5. The molecule has 0 fully saturated rings.